The molecule has 3 rings (SSSR count). The summed E-state index contributed by atoms with van der Waals surface area (Å²) in [6.07, 6.45) is 3.43. The molecule has 2 fully saturated rings. The molecule has 2 heterocycles. The van der Waals surface area contributed by atoms with Crippen LogP contribution in [0.2, 0.25) is 0 Å². The molecule has 1 aromatic heterocycles. The zero-order chi connectivity index (χ0) is 16.4. The molecule has 1 saturated carbocycles. The average Bonchev–Trinajstić information content (AvgIpc) is 3.18. The van der Waals surface area contributed by atoms with E-state index in [4.69, 9.17) is 4.52 Å². The number of aryl methyl sites for hydroxylation is 2. The smallest absolute Gasteiger partial charge is 0.243 e. The van der Waals surface area contributed by atoms with Crippen molar-refractivity contribution in [3.8, 4) is 6.07 Å². The van der Waals surface area contributed by atoms with Gasteiger partial charge in [-0.25, -0.2) is 0 Å². The van der Waals surface area contributed by atoms with Gasteiger partial charge in [0.05, 0.1) is 11.8 Å². The van der Waals surface area contributed by atoms with E-state index < -0.39 is 5.41 Å². The lowest BCUT2D eigenvalue weighted by molar-refractivity contribution is -0.140. The second kappa shape index (κ2) is 6.32. The molecule has 0 N–H and O–H groups in total. The lowest BCUT2D eigenvalue weighted by Gasteiger charge is -2.37. The fraction of sp³-hybridized carbons (Fsp3) is 0.706. The van der Waals surface area contributed by atoms with Crippen molar-refractivity contribution in [1.29, 1.82) is 5.26 Å². The maximum atomic E-state index is 12.7. The molecular formula is C17H24N4O2. The number of carbonyl (C=O) groups is 1. The van der Waals surface area contributed by atoms with Crippen LogP contribution in [0.15, 0.2) is 4.52 Å². The van der Waals surface area contributed by atoms with E-state index in [0.29, 0.717) is 13.1 Å². The second-order valence-electron chi connectivity index (χ2n) is 6.77. The first kappa shape index (κ1) is 16.0. The highest BCUT2D eigenvalue weighted by Crippen LogP contribution is 2.39. The van der Waals surface area contributed by atoms with Crippen LogP contribution in [0.3, 0.4) is 0 Å². The second-order valence-corrected chi connectivity index (χ2v) is 6.77. The molecule has 0 radical (unpaired) electrons. The van der Waals surface area contributed by atoms with E-state index in [9.17, 15) is 10.1 Å². The van der Waals surface area contributed by atoms with Gasteiger partial charge in [-0.2, -0.15) is 5.26 Å². The molecular weight excluding hydrogens is 292 g/mol. The molecule has 6 nitrogen and oxygen atoms in total. The number of amides is 1. The van der Waals surface area contributed by atoms with Gasteiger partial charge in [-0.3, -0.25) is 9.69 Å². The SMILES string of the molecule is Cc1noc(C)c1CN1CCN(C(=O)C2(C#N)CCCC2)CC1. The van der Waals surface area contributed by atoms with E-state index in [1.54, 1.807) is 0 Å². The Kier molecular flexibility index (Phi) is 4.40. The maximum Gasteiger partial charge on any atom is 0.243 e. The van der Waals surface area contributed by atoms with Crippen LogP contribution >= 0.6 is 0 Å². The molecule has 0 bridgehead atoms. The summed E-state index contributed by atoms with van der Waals surface area (Å²) in [6, 6.07) is 2.31. The predicted molar refractivity (Wildman–Crippen MR) is 84.3 cm³/mol. The fourth-order valence-electron chi connectivity index (χ4n) is 3.72. The third-order valence-corrected chi connectivity index (χ3v) is 5.30. The van der Waals surface area contributed by atoms with Crippen LogP contribution in [0.25, 0.3) is 0 Å². The minimum atomic E-state index is -0.746. The molecule has 23 heavy (non-hydrogen) atoms. The van der Waals surface area contributed by atoms with Crippen LogP contribution in [-0.4, -0.2) is 47.0 Å². The average molecular weight is 316 g/mol. The number of nitrogens with zero attached hydrogens (tertiary/aromatic N) is 4. The molecule has 0 atom stereocenters. The van der Waals surface area contributed by atoms with Gasteiger partial charge in [0.1, 0.15) is 11.2 Å². The van der Waals surface area contributed by atoms with Crippen LogP contribution < -0.4 is 0 Å². The first-order valence-electron chi connectivity index (χ1n) is 8.40. The van der Waals surface area contributed by atoms with E-state index in [1.807, 2.05) is 18.7 Å². The number of rotatable bonds is 3. The van der Waals surface area contributed by atoms with Crippen LogP contribution in [0.1, 0.15) is 42.7 Å². The topological polar surface area (TPSA) is 73.4 Å². The van der Waals surface area contributed by atoms with Crippen molar-refractivity contribution < 1.29 is 9.32 Å². The van der Waals surface area contributed by atoms with Crippen molar-refractivity contribution in [3.63, 3.8) is 0 Å². The van der Waals surface area contributed by atoms with Gasteiger partial charge in [0.2, 0.25) is 5.91 Å². The number of hydrogen-bond acceptors (Lipinski definition) is 5. The van der Waals surface area contributed by atoms with Gasteiger partial charge in [0.25, 0.3) is 0 Å². The summed E-state index contributed by atoms with van der Waals surface area (Å²) in [5, 5.41) is 13.5. The molecule has 2 aliphatic rings. The molecule has 1 aliphatic heterocycles. The Balaban J connectivity index is 1.58. The lowest BCUT2D eigenvalue weighted by Crippen LogP contribution is -2.52. The zero-order valence-electron chi connectivity index (χ0n) is 14.0. The Morgan fingerprint density at radius 3 is 2.43 bits per heavy atom. The van der Waals surface area contributed by atoms with Crippen molar-refractivity contribution in [2.75, 3.05) is 26.2 Å². The maximum absolute atomic E-state index is 12.7. The Morgan fingerprint density at radius 2 is 1.91 bits per heavy atom. The van der Waals surface area contributed by atoms with Gasteiger partial charge in [-0.05, 0) is 26.7 Å². The summed E-state index contributed by atoms with van der Waals surface area (Å²) in [6.45, 7) is 7.77. The van der Waals surface area contributed by atoms with E-state index in [0.717, 1.165) is 62.3 Å². The molecule has 124 valence electrons. The lowest BCUT2D eigenvalue weighted by atomic mass is 9.86. The quantitative estimate of drug-likeness (QED) is 0.853. The Hall–Kier alpha value is -1.87. The van der Waals surface area contributed by atoms with E-state index >= 15 is 0 Å². The van der Waals surface area contributed by atoms with Crippen LogP contribution in [0.5, 0.6) is 0 Å². The molecule has 0 aromatic carbocycles. The van der Waals surface area contributed by atoms with E-state index in [2.05, 4.69) is 16.1 Å². The number of piperazine rings is 1. The van der Waals surface area contributed by atoms with Crippen molar-refractivity contribution in [3.05, 3.63) is 17.0 Å². The van der Waals surface area contributed by atoms with Crippen LogP contribution in [-0.2, 0) is 11.3 Å². The molecule has 1 aliphatic carbocycles. The van der Waals surface area contributed by atoms with Crippen LogP contribution in [0.4, 0.5) is 0 Å². The minimum Gasteiger partial charge on any atom is -0.361 e. The van der Waals surface area contributed by atoms with Gasteiger partial charge < -0.3 is 9.42 Å². The van der Waals surface area contributed by atoms with Crippen molar-refractivity contribution in [2.45, 2.75) is 46.1 Å². The van der Waals surface area contributed by atoms with Gasteiger partial charge >= 0.3 is 0 Å². The fourth-order valence-corrected chi connectivity index (χ4v) is 3.72. The van der Waals surface area contributed by atoms with Crippen LogP contribution in [0, 0.1) is 30.6 Å². The van der Waals surface area contributed by atoms with E-state index in [1.165, 1.54) is 0 Å². The number of aromatic nitrogens is 1. The number of hydrogen-bond donors (Lipinski definition) is 0. The van der Waals surface area contributed by atoms with Crippen molar-refractivity contribution in [1.82, 2.24) is 15.0 Å². The third kappa shape index (κ3) is 2.98. The highest BCUT2D eigenvalue weighted by Gasteiger charge is 2.44. The summed E-state index contributed by atoms with van der Waals surface area (Å²) in [4.78, 5) is 17.0. The first-order chi connectivity index (χ1) is 11.1. The van der Waals surface area contributed by atoms with Gasteiger partial charge in [0.15, 0.2) is 0 Å². The molecule has 0 spiro atoms. The Labute approximate surface area is 137 Å². The van der Waals surface area contributed by atoms with Gasteiger partial charge in [-0.15, -0.1) is 0 Å². The molecule has 1 aromatic rings. The monoisotopic (exact) mass is 316 g/mol. The summed E-state index contributed by atoms with van der Waals surface area (Å²) in [5.74, 6) is 0.921. The third-order valence-electron chi connectivity index (χ3n) is 5.30. The number of nitriles is 1. The Morgan fingerprint density at radius 1 is 1.26 bits per heavy atom. The molecule has 1 saturated heterocycles. The highest BCUT2D eigenvalue weighted by molar-refractivity contribution is 5.86. The minimum absolute atomic E-state index is 0.0505. The predicted octanol–water partition coefficient (Wildman–Crippen LogP) is 2.02. The van der Waals surface area contributed by atoms with E-state index in [-0.39, 0.29) is 5.91 Å². The largest absolute Gasteiger partial charge is 0.361 e. The summed E-state index contributed by atoms with van der Waals surface area (Å²) in [5.41, 5.74) is 1.34. The first-order valence-corrected chi connectivity index (χ1v) is 8.40. The van der Waals surface area contributed by atoms with Gasteiger partial charge in [0, 0.05) is 38.3 Å². The molecule has 1 amide bonds. The highest BCUT2D eigenvalue weighted by atomic mass is 16.5. The summed E-state index contributed by atoms with van der Waals surface area (Å²) >= 11 is 0. The molecule has 0 unspecified atom stereocenters. The number of carbonyl (C=O) groups excluding carboxylic acids is 1. The molecule has 6 heteroatoms. The van der Waals surface area contributed by atoms with Gasteiger partial charge in [-0.1, -0.05) is 18.0 Å². The van der Waals surface area contributed by atoms with Crippen molar-refractivity contribution in [2.24, 2.45) is 5.41 Å². The summed E-state index contributed by atoms with van der Waals surface area (Å²) < 4.78 is 5.21. The normalized spacial score (nSPS) is 21.3. The standard InChI is InChI=1S/C17H24N4O2/c1-13-15(14(2)23-19-13)11-20-7-9-21(10-8-20)16(22)17(12-18)5-3-4-6-17/h3-11H2,1-2H3. The Bertz CT molecular complexity index is 598. The zero-order valence-corrected chi connectivity index (χ0v) is 14.0. The summed E-state index contributed by atoms with van der Waals surface area (Å²) in [7, 11) is 0. The van der Waals surface area contributed by atoms with Crippen molar-refractivity contribution >= 4 is 5.91 Å².